The van der Waals surface area contributed by atoms with Gasteiger partial charge in [0, 0.05) is 36.9 Å². The number of pyridine rings is 1. The molecule has 2 aromatic heterocycles. The fraction of sp³-hybridized carbons (Fsp3) is 0.529. The van der Waals surface area contributed by atoms with E-state index in [4.69, 9.17) is 0 Å². The molecule has 5 heteroatoms. The Bertz CT molecular complexity index is 569. The van der Waals surface area contributed by atoms with E-state index in [1.165, 1.54) is 43.6 Å². The summed E-state index contributed by atoms with van der Waals surface area (Å²) < 4.78 is 0. The van der Waals surface area contributed by atoms with Crippen molar-refractivity contribution in [3.05, 3.63) is 41.2 Å². The van der Waals surface area contributed by atoms with E-state index in [0.29, 0.717) is 6.04 Å². The van der Waals surface area contributed by atoms with E-state index in [2.05, 4.69) is 37.7 Å². The summed E-state index contributed by atoms with van der Waals surface area (Å²) in [4.78, 5) is 11.7. The molecular formula is C17H24N4S. The minimum atomic E-state index is 0.662. The molecule has 0 radical (unpaired) electrons. The minimum Gasteiger partial charge on any atom is -0.365 e. The van der Waals surface area contributed by atoms with Crippen molar-refractivity contribution in [2.75, 3.05) is 18.9 Å². The summed E-state index contributed by atoms with van der Waals surface area (Å²) in [5.74, 6) is 0. The monoisotopic (exact) mass is 316 g/mol. The largest absolute Gasteiger partial charge is 0.365 e. The Kier molecular flexibility index (Phi) is 5.40. The molecule has 1 saturated heterocycles. The van der Waals surface area contributed by atoms with Gasteiger partial charge in [0.2, 0.25) is 0 Å². The standard InChI is InChI=1S/C17H24N4S/c1-18-17-20-15(13-22-17)12-21-11-5-3-7-16(21)9-8-14-6-2-4-10-19-14/h2,4,6,10,13,16H,3,5,7-9,11-12H2,1H3,(H,18,20)/t16-/m1/s1. The van der Waals surface area contributed by atoms with Crippen LogP contribution in [0.5, 0.6) is 0 Å². The van der Waals surface area contributed by atoms with Gasteiger partial charge in [-0.1, -0.05) is 12.5 Å². The van der Waals surface area contributed by atoms with Crippen molar-refractivity contribution in [2.24, 2.45) is 0 Å². The van der Waals surface area contributed by atoms with Crippen LogP contribution in [0, 0.1) is 0 Å². The van der Waals surface area contributed by atoms with E-state index < -0.39 is 0 Å². The molecule has 1 aliphatic rings. The molecule has 1 aliphatic heterocycles. The first-order valence-electron chi connectivity index (χ1n) is 8.11. The molecule has 1 atom stereocenters. The third kappa shape index (κ3) is 4.05. The number of likely N-dealkylation sites (tertiary alicyclic amines) is 1. The maximum absolute atomic E-state index is 4.63. The lowest BCUT2D eigenvalue weighted by Gasteiger charge is -2.35. The summed E-state index contributed by atoms with van der Waals surface area (Å²) in [6.45, 7) is 2.17. The Morgan fingerprint density at radius 1 is 1.32 bits per heavy atom. The van der Waals surface area contributed by atoms with Crippen LogP contribution in [0.1, 0.15) is 37.1 Å². The zero-order valence-corrected chi connectivity index (χ0v) is 14.0. The summed E-state index contributed by atoms with van der Waals surface area (Å²) in [5, 5.41) is 6.31. The van der Waals surface area contributed by atoms with Gasteiger partial charge in [-0.3, -0.25) is 9.88 Å². The summed E-state index contributed by atoms with van der Waals surface area (Å²) >= 11 is 1.69. The van der Waals surface area contributed by atoms with E-state index in [9.17, 15) is 0 Å². The van der Waals surface area contributed by atoms with Crippen LogP contribution >= 0.6 is 11.3 Å². The minimum absolute atomic E-state index is 0.662. The third-order valence-corrected chi connectivity index (χ3v) is 5.25. The highest BCUT2D eigenvalue weighted by molar-refractivity contribution is 7.13. The highest BCUT2D eigenvalue weighted by Crippen LogP contribution is 2.24. The third-order valence-electron chi connectivity index (χ3n) is 4.34. The molecule has 0 unspecified atom stereocenters. The first-order valence-corrected chi connectivity index (χ1v) is 8.99. The van der Waals surface area contributed by atoms with Gasteiger partial charge in [0.1, 0.15) is 0 Å². The number of hydrogen-bond donors (Lipinski definition) is 1. The van der Waals surface area contributed by atoms with Gasteiger partial charge in [0.25, 0.3) is 0 Å². The summed E-state index contributed by atoms with van der Waals surface area (Å²) in [6, 6.07) is 6.86. The van der Waals surface area contributed by atoms with Crippen LogP contribution < -0.4 is 5.32 Å². The van der Waals surface area contributed by atoms with Gasteiger partial charge in [-0.15, -0.1) is 11.3 Å². The van der Waals surface area contributed by atoms with Gasteiger partial charge in [0.15, 0.2) is 5.13 Å². The number of aryl methyl sites for hydroxylation is 1. The highest BCUT2D eigenvalue weighted by Gasteiger charge is 2.23. The molecule has 4 nitrogen and oxygen atoms in total. The average Bonchev–Trinajstić information content (AvgIpc) is 3.03. The number of thiazole rings is 1. The SMILES string of the molecule is CNc1nc(CN2CCCC[C@@H]2CCc2ccccn2)cs1. The predicted octanol–water partition coefficient (Wildman–Crippen LogP) is 3.57. The second-order valence-electron chi connectivity index (χ2n) is 5.87. The van der Waals surface area contributed by atoms with Gasteiger partial charge in [0.05, 0.1) is 5.69 Å². The Balaban J connectivity index is 1.58. The van der Waals surface area contributed by atoms with E-state index in [1.54, 1.807) is 11.3 Å². The van der Waals surface area contributed by atoms with E-state index >= 15 is 0 Å². The first-order chi connectivity index (χ1) is 10.8. The molecule has 0 aliphatic carbocycles. The molecule has 0 spiro atoms. The van der Waals surface area contributed by atoms with Crippen LogP contribution in [0.2, 0.25) is 0 Å². The van der Waals surface area contributed by atoms with Crippen LogP contribution in [0.15, 0.2) is 29.8 Å². The summed E-state index contributed by atoms with van der Waals surface area (Å²) in [5.41, 5.74) is 2.40. The van der Waals surface area contributed by atoms with Gasteiger partial charge < -0.3 is 5.32 Å². The fourth-order valence-electron chi connectivity index (χ4n) is 3.16. The topological polar surface area (TPSA) is 41.1 Å². The smallest absolute Gasteiger partial charge is 0.182 e. The maximum Gasteiger partial charge on any atom is 0.182 e. The molecule has 118 valence electrons. The average molecular weight is 316 g/mol. The molecule has 3 rings (SSSR count). The molecule has 1 N–H and O–H groups in total. The van der Waals surface area contributed by atoms with Gasteiger partial charge >= 0.3 is 0 Å². The van der Waals surface area contributed by atoms with Crippen molar-refractivity contribution in [1.82, 2.24) is 14.9 Å². The van der Waals surface area contributed by atoms with Crippen LogP contribution in [0.25, 0.3) is 0 Å². The Morgan fingerprint density at radius 3 is 3.05 bits per heavy atom. The van der Waals surface area contributed by atoms with E-state index in [1.807, 2.05) is 19.3 Å². The molecule has 22 heavy (non-hydrogen) atoms. The normalized spacial score (nSPS) is 19.2. The van der Waals surface area contributed by atoms with Crippen LogP contribution in [0.3, 0.4) is 0 Å². The van der Waals surface area contributed by atoms with Gasteiger partial charge in [-0.05, 0) is 44.4 Å². The fourth-order valence-corrected chi connectivity index (χ4v) is 3.82. The zero-order chi connectivity index (χ0) is 15.2. The Labute approximate surface area is 136 Å². The summed E-state index contributed by atoms with van der Waals surface area (Å²) in [6.07, 6.45) is 8.12. The first kappa shape index (κ1) is 15.4. The molecule has 2 aromatic rings. The second-order valence-corrected chi connectivity index (χ2v) is 6.73. The molecule has 0 aromatic carbocycles. The van der Waals surface area contributed by atoms with Crippen molar-refractivity contribution in [3.8, 4) is 0 Å². The molecule has 0 saturated carbocycles. The number of piperidine rings is 1. The number of nitrogens with zero attached hydrogens (tertiary/aromatic N) is 3. The summed E-state index contributed by atoms with van der Waals surface area (Å²) in [7, 11) is 1.93. The van der Waals surface area contributed by atoms with Gasteiger partial charge in [-0.2, -0.15) is 0 Å². The number of rotatable bonds is 6. The molecule has 3 heterocycles. The second kappa shape index (κ2) is 7.70. The molecular weight excluding hydrogens is 292 g/mol. The lowest BCUT2D eigenvalue weighted by atomic mass is 9.97. The lowest BCUT2D eigenvalue weighted by molar-refractivity contribution is 0.131. The highest BCUT2D eigenvalue weighted by atomic mass is 32.1. The quantitative estimate of drug-likeness (QED) is 0.884. The Hall–Kier alpha value is -1.46. The zero-order valence-electron chi connectivity index (χ0n) is 13.2. The van der Waals surface area contributed by atoms with Crippen molar-refractivity contribution >= 4 is 16.5 Å². The number of aromatic nitrogens is 2. The van der Waals surface area contributed by atoms with Crippen molar-refractivity contribution < 1.29 is 0 Å². The van der Waals surface area contributed by atoms with E-state index in [0.717, 1.165) is 18.1 Å². The van der Waals surface area contributed by atoms with E-state index in [-0.39, 0.29) is 0 Å². The number of anilines is 1. The van der Waals surface area contributed by atoms with Crippen molar-refractivity contribution in [2.45, 2.75) is 44.7 Å². The molecule has 0 bridgehead atoms. The van der Waals surface area contributed by atoms with Crippen LogP contribution in [-0.4, -0.2) is 34.5 Å². The predicted molar refractivity (Wildman–Crippen MR) is 92.3 cm³/mol. The number of hydrogen-bond acceptors (Lipinski definition) is 5. The molecule has 0 amide bonds. The van der Waals surface area contributed by atoms with Gasteiger partial charge in [-0.25, -0.2) is 4.98 Å². The Morgan fingerprint density at radius 2 is 2.27 bits per heavy atom. The maximum atomic E-state index is 4.63. The van der Waals surface area contributed by atoms with Crippen molar-refractivity contribution in [1.29, 1.82) is 0 Å². The van der Waals surface area contributed by atoms with Crippen LogP contribution in [-0.2, 0) is 13.0 Å². The van der Waals surface area contributed by atoms with Crippen LogP contribution in [0.4, 0.5) is 5.13 Å². The lowest BCUT2D eigenvalue weighted by Crippen LogP contribution is -2.39. The molecule has 1 fully saturated rings. The number of nitrogens with one attached hydrogen (secondary N) is 1. The van der Waals surface area contributed by atoms with Crippen molar-refractivity contribution in [3.63, 3.8) is 0 Å².